The fourth-order valence-electron chi connectivity index (χ4n) is 1.76. The highest BCUT2D eigenvalue weighted by molar-refractivity contribution is 6.62. The first-order chi connectivity index (χ1) is 9.23. The van der Waals surface area contributed by atoms with Crippen LogP contribution >= 0.6 is 0 Å². The molecule has 1 aromatic rings. The molecule has 0 spiro atoms. The van der Waals surface area contributed by atoms with E-state index in [0.717, 1.165) is 5.46 Å². The van der Waals surface area contributed by atoms with E-state index in [9.17, 15) is 4.79 Å². The van der Waals surface area contributed by atoms with Crippen molar-refractivity contribution in [3.8, 4) is 0 Å². The van der Waals surface area contributed by atoms with Crippen LogP contribution in [0.1, 0.15) is 51.9 Å². The summed E-state index contributed by atoms with van der Waals surface area (Å²) in [6.07, 6.45) is 0. The smallest absolute Gasteiger partial charge is 0.478 e. The maximum atomic E-state index is 10.8. The predicted molar refractivity (Wildman–Crippen MR) is 80.5 cm³/mol. The zero-order chi connectivity index (χ0) is 15.6. The van der Waals surface area contributed by atoms with Crippen molar-refractivity contribution in [3.63, 3.8) is 0 Å². The molecule has 2 rings (SSSR count). The standard InChI is InChI=1S/C13H17BO4.C2H6/c1-12(2)13(3,4)18-14(17-12)10-7-5-9(6-8-10)11(15)16;1-2/h5-8H,1-4H3,(H,15,16);1-2H3. The van der Waals surface area contributed by atoms with Gasteiger partial charge in [0.25, 0.3) is 0 Å². The van der Waals surface area contributed by atoms with E-state index in [1.165, 1.54) is 0 Å². The molecule has 0 amide bonds. The molecule has 0 aromatic heterocycles. The van der Waals surface area contributed by atoms with E-state index < -0.39 is 13.1 Å². The van der Waals surface area contributed by atoms with Gasteiger partial charge in [0.15, 0.2) is 0 Å². The van der Waals surface area contributed by atoms with Gasteiger partial charge in [-0.05, 0) is 45.3 Å². The minimum Gasteiger partial charge on any atom is -0.478 e. The van der Waals surface area contributed by atoms with Gasteiger partial charge in [0.1, 0.15) is 0 Å². The molecule has 1 aliphatic heterocycles. The van der Waals surface area contributed by atoms with E-state index in [-0.39, 0.29) is 16.8 Å². The van der Waals surface area contributed by atoms with Crippen LogP contribution in [0.3, 0.4) is 0 Å². The molecule has 20 heavy (non-hydrogen) atoms. The quantitative estimate of drug-likeness (QED) is 0.845. The first kappa shape index (κ1) is 16.7. The summed E-state index contributed by atoms with van der Waals surface area (Å²) in [5, 5.41) is 8.84. The van der Waals surface area contributed by atoms with Crippen LogP contribution < -0.4 is 5.46 Å². The third-order valence-corrected chi connectivity index (χ3v) is 3.68. The van der Waals surface area contributed by atoms with Gasteiger partial charge in [-0.3, -0.25) is 0 Å². The molecule has 4 nitrogen and oxygen atoms in total. The van der Waals surface area contributed by atoms with Crippen molar-refractivity contribution in [1.29, 1.82) is 0 Å². The van der Waals surface area contributed by atoms with E-state index in [4.69, 9.17) is 14.4 Å². The van der Waals surface area contributed by atoms with Gasteiger partial charge in [0, 0.05) is 0 Å². The lowest BCUT2D eigenvalue weighted by Gasteiger charge is -2.32. The SMILES string of the molecule is CC.CC1(C)OB(c2ccc(C(=O)O)cc2)OC1(C)C. The highest BCUT2D eigenvalue weighted by Crippen LogP contribution is 2.36. The summed E-state index contributed by atoms with van der Waals surface area (Å²) in [4.78, 5) is 10.8. The molecule has 110 valence electrons. The summed E-state index contributed by atoms with van der Waals surface area (Å²) in [5.41, 5.74) is 0.320. The van der Waals surface area contributed by atoms with Gasteiger partial charge in [-0.15, -0.1) is 0 Å². The number of carbonyl (C=O) groups is 1. The van der Waals surface area contributed by atoms with Crippen LogP contribution in [0.25, 0.3) is 0 Å². The number of hydrogen-bond donors (Lipinski definition) is 1. The van der Waals surface area contributed by atoms with Crippen LogP contribution in [0, 0.1) is 0 Å². The Kier molecular flexibility index (Phi) is 5.00. The number of carboxylic acid groups (broad SMARTS) is 1. The van der Waals surface area contributed by atoms with Crippen LogP contribution in [-0.2, 0) is 9.31 Å². The largest absolute Gasteiger partial charge is 0.494 e. The molecule has 5 heteroatoms. The van der Waals surface area contributed by atoms with Crippen LogP contribution in [0.2, 0.25) is 0 Å². The summed E-state index contributed by atoms with van der Waals surface area (Å²) < 4.78 is 11.8. The highest BCUT2D eigenvalue weighted by atomic mass is 16.7. The highest BCUT2D eigenvalue weighted by Gasteiger charge is 2.51. The van der Waals surface area contributed by atoms with Crippen molar-refractivity contribution in [2.45, 2.75) is 52.7 Å². The van der Waals surface area contributed by atoms with Gasteiger partial charge < -0.3 is 14.4 Å². The fraction of sp³-hybridized carbons (Fsp3) is 0.533. The molecule has 0 saturated carbocycles. The predicted octanol–water partition coefficient (Wildman–Crippen LogP) is 2.71. The summed E-state index contributed by atoms with van der Waals surface area (Å²) in [5.74, 6) is -0.935. The molecular formula is C15H23BO4. The van der Waals surface area contributed by atoms with Gasteiger partial charge in [-0.1, -0.05) is 26.0 Å². The monoisotopic (exact) mass is 278 g/mol. The number of carboxylic acids is 1. The van der Waals surface area contributed by atoms with Crippen LogP contribution in [0.4, 0.5) is 0 Å². The Labute approximate surface area is 121 Å². The molecule has 0 bridgehead atoms. The van der Waals surface area contributed by atoms with Gasteiger partial charge in [0.2, 0.25) is 0 Å². The molecule has 1 N–H and O–H groups in total. The molecule has 1 aliphatic rings. The molecular weight excluding hydrogens is 255 g/mol. The van der Waals surface area contributed by atoms with Crippen molar-refractivity contribution in [1.82, 2.24) is 0 Å². The Morgan fingerprint density at radius 1 is 1.00 bits per heavy atom. The third-order valence-electron chi connectivity index (χ3n) is 3.68. The Balaban J connectivity index is 0.000000956. The zero-order valence-corrected chi connectivity index (χ0v) is 13.1. The number of hydrogen-bond acceptors (Lipinski definition) is 3. The second-order valence-electron chi connectivity index (χ2n) is 5.52. The summed E-state index contributed by atoms with van der Waals surface area (Å²) in [6, 6.07) is 6.57. The maximum absolute atomic E-state index is 10.8. The minimum absolute atomic E-state index is 0.260. The van der Waals surface area contributed by atoms with E-state index >= 15 is 0 Å². The van der Waals surface area contributed by atoms with Gasteiger partial charge in [-0.25, -0.2) is 4.79 Å². The normalized spacial score (nSPS) is 19.2. The topological polar surface area (TPSA) is 55.8 Å². The Hall–Kier alpha value is -1.33. The molecule has 0 unspecified atom stereocenters. The van der Waals surface area contributed by atoms with E-state index in [0.29, 0.717) is 0 Å². The molecule has 1 saturated heterocycles. The van der Waals surface area contributed by atoms with Crippen molar-refractivity contribution >= 4 is 18.6 Å². The second-order valence-corrected chi connectivity index (χ2v) is 5.52. The number of rotatable bonds is 2. The summed E-state index contributed by atoms with van der Waals surface area (Å²) in [6.45, 7) is 11.9. The fourth-order valence-corrected chi connectivity index (χ4v) is 1.76. The van der Waals surface area contributed by atoms with Gasteiger partial charge in [-0.2, -0.15) is 0 Å². The Morgan fingerprint density at radius 3 is 1.75 bits per heavy atom. The van der Waals surface area contributed by atoms with E-state index in [1.54, 1.807) is 24.3 Å². The van der Waals surface area contributed by atoms with Gasteiger partial charge >= 0.3 is 13.1 Å². The van der Waals surface area contributed by atoms with E-state index in [2.05, 4.69) is 0 Å². The molecule has 0 aliphatic carbocycles. The second kappa shape index (κ2) is 5.98. The Bertz CT molecular complexity index is 449. The first-order valence-electron chi connectivity index (χ1n) is 6.92. The van der Waals surface area contributed by atoms with Crippen molar-refractivity contribution in [2.75, 3.05) is 0 Å². The number of aromatic carboxylic acids is 1. The van der Waals surface area contributed by atoms with Crippen LogP contribution in [0.15, 0.2) is 24.3 Å². The molecule has 1 fully saturated rings. The van der Waals surface area contributed by atoms with Crippen molar-refractivity contribution in [3.05, 3.63) is 29.8 Å². The lowest BCUT2D eigenvalue weighted by molar-refractivity contribution is 0.00578. The van der Waals surface area contributed by atoms with Crippen LogP contribution in [-0.4, -0.2) is 29.4 Å². The molecule has 1 aromatic carbocycles. The van der Waals surface area contributed by atoms with Crippen LogP contribution in [0.5, 0.6) is 0 Å². The average molecular weight is 278 g/mol. The zero-order valence-electron chi connectivity index (χ0n) is 13.1. The first-order valence-corrected chi connectivity index (χ1v) is 6.92. The maximum Gasteiger partial charge on any atom is 0.494 e. The third kappa shape index (κ3) is 3.22. The Morgan fingerprint density at radius 2 is 1.40 bits per heavy atom. The molecule has 0 radical (unpaired) electrons. The summed E-state index contributed by atoms with van der Waals surface area (Å²) in [7, 11) is -0.446. The lowest BCUT2D eigenvalue weighted by Crippen LogP contribution is -2.41. The van der Waals surface area contributed by atoms with Crippen molar-refractivity contribution < 1.29 is 19.2 Å². The molecule has 0 atom stereocenters. The minimum atomic E-state index is -0.935. The average Bonchev–Trinajstić information content (AvgIpc) is 2.61. The summed E-state index contributed by atoms with van der Waals surface area (Å²) >= 11 is 0. The number of benzene rings is 1. The molecule has 1 heterocycles. The lowest BCUT2D eigenvalue weighted by atomic mass is 9.79. The van der Waals surface area contributed by atoms with E-state index in [1.807, 2.05) is 41.5 Å². The van der Waals surface area contributed by atoms with Gasteiger partial charge in [0.05, 0.1) is 16.8 Å². The van der Waals surface area contributed by atoms with Crippen molar-refractivity contribution in [2.24, 2.45) is 0 Å².